The van der Waals surface area contributed by atoms with E-state index in [1.807, 2.05) is 43.0 Å². The molecule has 1 aromatic carbocycles. The standard InChI is InChI=1S/C18H23N3O2.2ClH/c1-12-3-5-15(6-4-12)17-16(20-11-23-17)18(22)21-9-7-14(8-10-21)13(2)19;;/h3-6,11,13-14H,7-10,19H2,1-2H3;2*1H. The quantitative estimate of drug-likeness (QED) is 0.873. The Morgan fingerprint density at radius 1 is 1.24 bits per heavy atom. The van der Waals surface area contributed by atoms with Gasteiger partial charge in [-0.3, -0.25) is 4.79 Å². The lowest BCUT2D eigenvalue weighted by atomic mass is 9.91. The third-order valence-corrected chi connectivity index (χ3v) is 4.65. The topological polar surface area (TPSA) is 72.4 Å². The maximum Gasteiger partial charge on any atom is 0.276 e. The molecule has 0 radical (unpaired) electrons. The van der Waals surface area contributed by atoms with Crippen LogP contribution in [0.4, 0.5) is 0 Å². The summed E-state index contributed by atoms with van der Waals surface area (Å²) in [5.74, 6) is 0.981. The summed E-state index contributed by atoms with van der Waals surface area (Å²) < 4.78 is 5.48. The zero-order valence-electron chi connectivity index (χ0n) is 14.5. The van der Waals surface area contributed by atoms with Gasteiger partial charge < -0.3 is 15.1 Å². The summed E-state index contributed by atoms with van der Waals surface area (Å²) in [7, 11) is 0. The van der Waals surface area contributed by atoms with Crippen LogP contribution in [-0.4, -0.2) is 34.9 Å². The molecule has 1 aliphatic heterocycles. The maximum absolute atomic E-state index is 12.8. The maximum atomic E-state index is 12.8. The molecule has 25 heavy (non-hydrogen) atoms. The molecule has 5 nitrogen and oxygen atoms in total. The third kappa shape index (κ3) is 4.75. The number of carbonyl (C=O) groups excluding carboxylic acids is 1. The summed E-state index contributed by atoms with van der Waals surface area (Å²) >= 11 is 0. The van der Waals surface area contributed by atoms with Gasteiger partial charge in [-0.25, -0.2) is 4.98 Å². The second kappa shape index (κ2) is 9.22. The molecule has 1 aliphatic rings. The highest BCUT2D eigenvalue weighted by Crippen LogP contribution is 2.26. The number of nitrogens with zero attached hydrogens (tertiary/aromatic N) is 2. The smallest absolute Gasteiger partial charge is 0.276 e. The van der Waals surface area contributed by atoms with Crippen LogP contribution in [-0.2, 0) is 0 Å². The van der Waals surface area contributed by atoms with Gasteiger partial charge in [0.1, 0.15) is 0 Å². The van der Waals surface area contributed by atoms with Gasteiger partial charge in [0, 0.05) is 24.7 Å². The molecular formula is C18H25Cl2N3O2. The number of rotatable bonds is 3. The molecule has 1 aromatic heterocycles. The van der Waals surface area contributed by atoms with Crippen molar-refractivity contribution >= 4 is 30.7 Å². The van der Waals surface area contributed by atoms with Gasteiger partial charge in [0.05, 0.1) is 0 Å². The Morgan fingerprint density at radius 3 is 2.40 bits per heavy atom. The Labute approximate surface area is 160 Å². The van der Waals surface area contributed by atoms with E-state index in [9.17, 15) is 4.79 Å². The van der Waals surface area contributed by atoms with Crippen LogP contribution in [0.3, 0.4) is 0 Å². The van der Waals surface area contributed by atoms with Crippen LogP contribution in [0.25, 0.3) is 11.3 Å². The molecule has 7 heteroatoms. The number of amides is 1. The van der Waals surface area contributed by atoms with Crippen LogP contribution >= 0.6 is 24.8 Å². The zero-order chi connectivity index (χ0) is 16.4. The van der Waals surface area contributed by atoms with Gasteiger partial charge in [-0.1, -0.05) is 29.8 Å². The molecule has 1 fully saturated rings. The van der Waals surface area contributed by atoms with Gasteiger partial charge in [-0.05, 0) is 32.6 Å². The van der Waals surface area contributed by atoms with Crippen molar-refractivity contribution in [3.8, 4) is 11.3 Å². The Kier molecular flexibility index (Phi) is 7.93. The lowest BCUT2D eigenvalue weighted by molar-refractivity contribution is 0.0676. The van der Waals surface area contributed by atoms with Crippen molar-refractivity contribution in [1.29, 1.82) is 0 Å². The first-order chi connectivity index (χ1) is 11.1. The first-order valence-electron chi connectivity index (χ1n) is 8.11. The normalized spacial score (nSPS) is 15.9. The third-order valence-electron chi connectivity index (χ3n) is 4.65. The molecule has 1 unspecified atom stereocenters. The van der Waals surface area contributed by atoms with Crippen LogP contribution in [0.5, 0.6) is 0 Å². The van der Waals surface area contributed by atoms with Gasteiger partial charge in [0.2, 0.25) is 0 Å². The summed E-state index contributed by atoms with van der Waals surface area (Å²) in [6, 6.07) is 8.09. The van der Waals surface area contributed by atoms with Gasteiger partial charge in [-0.15, -0.1) is 24.8 Å². The number of aryl methyl sites for hydroxylation is 1. The van der Waals surface area contributed by atoms with E-state index in [1.165, 1.54) is 12.0 Å². The molecule has 1 atom stereocenters. The molecule has 1 amide bonds. The largest absolute Gasteiger partial charge is 0.443 e. The van der Waals surface area contributed by atoms with E-state index in [2.05, 4.69) is 4.98 Å². The second-order valence-corrected chi connectivity index (χ2v) is 6.38. The molecule has 0 aliphatic carbocycles. The first-order valence-corrected chi connectivity index (χ1v) is 8.11. The van der Waals surface area contributed by atoms with Crippen molar-refractivity contribution in [2.45, 2.75) is 32.7 Å². The molecule has 2 heterocycles. The van der Waals surface area contributed by atoms with E-state index < -0.39 is 0 Å². The number of hydrogen-bond acceptors (Lipinski definition) is 4. The van der Waals surface area contributed by atoms with Crippen molar-refractivity contribution in [3.05, 3.63) is 41.9 Å². The number of oxazole rings is 1. The van der Waals surface area contributed by atoms with Crippen LogP contribution in [0.15, 0.2) is 35.1 Å². The van der Waals surface area contributed by atoms with Gasteiger partial charge in [0.25, 0.3) is 5.91 Å². The molecule has 3 rings (SSSR count). The number of halogens is 2. The monoisotopic (exact) mass is 385 g/mol. The Bertz CT molecular complexity index is 678. The van der Waals surface area contributed by atoms with E-state index in [4.69, 9.17) is 10.2 Å². The van der Waals surface area contributed by atoms with Crippen LogP contribution < -0.4 is 5.73 Å². The van der Waals surface area contributed by atoms with E-state index in [1.54, 1.807) is 0 Å². The Hall–Kier alpha value is -1.56. The van der Waals surface area contributed by atoms with Gasteiger partial charge >= 0.3 is 0 Å². The predicted octanol–water partition coefficient (Wildman–Crippen LogP) is 3.69. The summed E-state index contributed by atoms with van der Waals surface area (Å²) in [5.41, 5.74) is 8.40. The van der Waals surface area contributed by atoms with E-state index in [0.29, 0.717) is 17.4 Å². The van der Waals surface area contributed by atoms with E-state index in [-0.39, 0.29) is 36.8 Å². The minimum absolute atomic E-state index is 0. The van der Waals surface area contributed by atoms with Gasteiger partial charge in [0.15, 0.2) is 17.8 Å². The summed E-state index contributed by atoms with van der Waals surface area (Å²) in [5, 5.41) is 0. The number of benzene rings is 1. The lowest BCUT2D eigenvalue weighted by Gasteiger charge is -2.33. The van der Waals surface area contributed by atoms with Crippen LogP contribution in [0.2, 0.25) is 0 Å². The molecule has 2 aromatic rings. The van der Waals surface area contributed by atoms with Crippen molar-refractivity contribution in [2.75, 3.05) is 13.1 Å². The Morgan fingerprint density at radius 2 is 1.84 bits per heavy atom. The summed E-state index contributed by atoms with van der Waals surface area (Å²) in [6.07, 6.45) is 3.24. The number of nitrogens with two attached hydrogens (primary N) is 1. The molecule has 0 spiro atoms. The first kappa shape index (κ1) is 21.5. The fraction of sp³-hybridized carbons (Fsp3) is 0.444. The predicted molar refractivity (Wildman–Crippen MR) is 103 cm³/mol. The molecule has 0 saturated carbocycles. The fourth-order valence-corrected chi connectivity index (χ4v) is 3.09. The summed E-state index contributed by atoms with van der Waals surface area (Å²) in [6.45, 7) is 5.52. The molecular weight excluding hydrogens is 361 g/mol. The number of carbonyl (C=O) groups is 1. The lowest BCUT2D eigenvalue weighted by Crippen LogP contribution is -2.42. The van der Waals surface area contributed by atoms with Crippen molar-refractivity contribution < 1.29 is 9.21 Å². The van der Waals surface area contributed by atoms with E-state index >= 15 is 0 Å². The molecule has 138 valence electrons. The van der Waals surface area contributed by atoms with Crippen molar-refractivity contribution in [1.82, 2.24) is 9.88 Å². The van der Waals surface area contributed by atoms with Crippen LogP contribution in [0.1, 0.15) is 35.8 Å². The molecule has 0 bridgehead atoms. The zero-order valence-corrected chi connectivity index (χ0v) is 16.1. The highest BCUT2D eigenvalue weighted by Gasteiger charge is 2.28. The van der Waals surface area contributed by atoms with Gasteiger partial charge in [-0.2, -0.15) is 0 Å². The number of aromatic nitrogens is 1. The minimum Gasteiger partial charge on any atom is -0.443 e. The highest BCUT2D eigenvalue weighted by atomic mass is 35.5. The minimum atomic E-state index is -0.0579. The number of likely N-dealkylation sites (tertiary alicyclic amines) is 1. The SMILES string of the molecule is Cc1ccc(-c2ocnc2C(=O)N2CCC(C(C)N)CC2)cc1.Cl.Cl. The average Bonchev–Trinajstić information content (AvgIpc) is 3.04. The number of hydrogen-bond donors (Lipinski definition) is 1. The molecule has 2 N–H and O–H groups in total. The van der Waals surface area contributed by atoms with Crippen molar-refractivity contribution in [2.24, 2.45) is 11.7 Å². The highest BCUT2D eigenvalue weighted by molar-refractivity contribution is 5.97. The van der Waals surface area contributed by atoms with Crippen LogP contribution in [0, 0.1) is 12.8 Å². The van der Waals surface area contributed by atoms with Crippen molar-refractivity contribution in [3.63, 3.8) is 0 Å². The Balaban J connectivity index is 0.00000156. The summed E-state index contributed by atoms with van der Waals surface area (Å²) in [4.78, 5) is 18.8. The van der Waals surface area contributed by atoms with E-state index in [0.717, 1.165) is 31.5 Å². The fourth-order valence-electron chi connectivity index (χ4n) is 3.09. The number of piperidine rings is 1. The molecule has 1 saturated heterocycles. The average molecular weight is 386 g/mol. The second-order valence-electron chi connectivity index (χ2n) is 6.38.